The van der Waals surface area contributed by atoms with Crippen molar-refractivity contribution in [1.29, 1.82) is 0 Å². The molecule has 0 atom stereocenters. The molecule has 6 heteroatoms. The van der Waals surface area contributed by atoms with Crippen LogP contribution in [0.5, 0.6) is 0 Å². The maximum Gasteiger partial charge on any atom is 0.260 e. The summed E-state index contributed by atoms with van der Waals surface area (Å²) >= 11 is 0. The molecule has 1 aliphatic carbocycles. The highest BCUT2D eigenvalue weighted by atomic mass is 16.2. The highest BCUT2D eigenvalue weighted by Crippen LogP contribution is 2.32. The van der Waals surface area contributed by atoms with E-state index in [1.165, 1.54) is 0 Å². The molecule has 0 saturated heterocycles. The number of anilines is 2. The van der Waals surface area contributed by atoms with Gasteiger partial charge in [-0.3, -0.25) is 14.9 Å². The van der Waals surface area contributed by atoms with E-state index < -0.39 is 0 Å². The Morgan fingerprint density at radius 1 is 1.00 bits per heavy atom. The van der Waals surface area contributed by atoms with Gasteiger partial charge in [0.25, 0.3) is 5.91 Å². The number of fused-ring (bicyclic) bond motifs is 2. The number of hydrogen-bond donors (Lipinski definition) is 2. The van der Waals surface area contributed by atoms with Gasteiger partial charge < -0.3 is 9.88 Å². The summed E-state index contributed by atoms with van der Waals surface area (Å²) < 4.78 is 1.97. The zero-order valence-electron chi connectivity index (χ0n) is 16.7. The molecule has 0 bridgehead atoms. The summed E-state index contributed by atoms with van der Waals surface area (Å²) in [6.07, 6.45) is 1.81. The van der Waals surface area contributed by atoms with Crippen LogP contribution < -0.4 is 10.6 Å². The topological polar surface area (TPSA) is 76.0 Å². The third-order valence-electron chi connectivity index (χ3n) is 5.53. The van der Waals surface area contributed by atoms with Crippen molar-refractivity contribution in [3.05, 3.63) is 66.2 Å². The van der Waals surface area contributed by atoms with Crippen LogP contribution in [0.4, 0.5) is 11.6 Å². The number of imidazole rings is 1. The van der Waals surface area contributed by atoms with Gasteiger partial charge in [0.2, 0.25) is 11.9 Å². The van der Waals surface area contributed by atoms with Crippen LogP contribution in [0, 0.1) is 5.92 Å². The van der Waals surface area contributed by atoms with Gasteiger partial charge in [-0.25, -0.2) is 4.98 Å². The molecule has 1 fully saturated rings. The van der Waals surface area contributed by atoms with E-state index in [1.807, 2.05) is 72.2 Å². The summed E-state index contributed by atoms with van der Waals surface area (Å²) in [6, 6.07) is 19.3. The Balaban J connectivity index is 1.54. The Hall–Kier alpha value is -3.67. The number of para-hydroxylation sites is 2. The van der Waals surface area contributed by atoms with Crippen molar-refractivity contribution in [2.45, 2.75) is 26.3 Å². The molecule has 0 spiro atoms. The predicted molar refractivity (Wildman–Crippen MR) is 119 cm³/mol. The molecular weight excluding hydrogens is 376 g/mol. The molecule has 1 heterocycles. The van der Waals surface area contributed by atoms with Crippen molar-refractivity contribution in [3.8, 4) is 0 Å². The van der Waals surface area contributed by atoms with Gasteiger partial charge in [-0.1, -0.05) is 36.4 Å². The fourth-order valence-corrected chi connectivity index (χ4v) is 3.77. The van der Waals surface area contributed by atoms with Gasteiger partial charge in [-0.2, -0.15) is 0 Å². The number of hydrogen-bond acceptors (Lipinski definition) is 3. The van der Waals surface area contributed by atoms with Gasteiger partial charge in [-0.05, 0) is 54.8 Å². The van der Waals surface area contributed by atoms with Crippen LogP contribution in [0.15, 0.2) is 60.7 Å². The van der Waals surface area contributed by atoms with E-state index in [-0.39, 0.29) is 17.7 Å². The molecule has 0 aliphatic heterocycles. The van der Waals surface area contributed by atoms with Gasteiger partial charge >= 0.3 is 0 Å². The summed E-state index contributed by atoms with van der Waals surface area (Å²) in [6.45, 7) is 2.69. The summed E-state index contributed by atoms with van der Waals surface area (Å²) in [5.74, 6) is 0.227. The molecule has 30 heavy (non-hydrogen) atoms. The highest BCUT2D eigenvalue weighted by Gasteiger charge is 2.30. The fraction of sp³-hybridized carbons (Fsp3) is 0.208. The average Bonchev–Trinajstić information content (AvgIpc) is 3.55. The van der Waals surface area contributed by atoms with Gasteiger partial charge in [0.15, 0.2) is 0 Å². The minimum Gasteiger partial charge on any atom is -0.325 e. The van der Waals surface area contributed by atoms with Crippen LogP contribution in [0.25, 0.3) is 21.8 Å². The normalized spacial score (nSPS) is 13.5. The zero-order chi connectivity index (χ0) is 20.7. The average molecular weight is 398 g/mol. The second kappa shape index (κ2) is 7.30. The van der Waals surface area contributed by atoms with Gasteiger partial charge in [0.05, 0.1) is 22.3 Å². The van der Waals surface area contributed by atoms with Crippen molar-refractivity contribution in [2.75, 3.05) is 10.6 Å². The molecule has 4 aromatic rings. The molecule has 2 N–H and O–H groups in total. The summed E-state index contributed by atoms with van der Waals surface area (Å²) in [5, 5.41) is 7.83. The Morgan fingerprint density at radius 3 is 2.43 bits per heavy atom. The zero-order valence-corrected chi connectivity index (χ0v) is 16.7. The van der Waals surface area contributed by atoms with Crippen LogP contribution in [0.2, 0.25) is 0 Å². The number of nitrogens with zero attached hydrogens (tertiary/aromatic N) is 2. The lowest BCUT2D eigenvalue weighted by Crippen LogP contribution is -2.20. The van der Waals surface area contributed by atoms with E-state index in [4.69, 9.17) is 0 Å². The van der Waals surface area contributed by atoms with Gasteiger partial charge in [0.1, 0.15) is 0 Å². The summed E-state index contributed by atoms with van der Waals surface area (Å²) in [7, 11) is 0. The molecular formula is C24H22N4O2. The molecule has 150 valence electrons. The van der Waals surface area contributed by atoms with Crippen LogP contribution in [-0.2, 0) is 11.3 Å². The lowest BCUT2D eigenvalue weighted by Gasteiger charge is -2.13. The number of aromatic nitrogens is 2. The lowest BCUT2D eigenvalue weighted by molar-refractivity contribution is -0.117. The third kappa shape index (κ3) is 3.30. The summed E-state index contributed by atoms with van der Waals surface area (Å²) in [5.41, 5.74) is 2.76. The summed E-state index contributed by atoms with van der Waals surface area (Å²) in [4.78, 5) is 30.3. The van der Waals surface area contributed by atoms with Crippen molar-refractivity contribution >= 4 is 45.3 Å². The standard InChI is InChI=1S/C24H22N4O2/c1-2-28-21-10-6-5-9-19(21)26-24(28)27-23(30)18-13-16-7-3-4-8-17(16)14-20(18)25-22(29)15-11-12-15/h3-10,13-15H,2,11-12H2,1H3,(H,25,29)(H,26,27,30). The second-order valence-corrected chi connectivity index (χ2v) is 7.63. The number of rotatable bonds is 5. The Morgan fingerprint density at radius 2 is 1.70 bits per heavy atom. The Labute approximate surface area is 173 Å². The largest absolute Gasteiger partial charge is 0.325 e. The maximum atomic E-state index is 13.3. The maximum absolute atomic E-state index is 13.3. The molecule has 0 radical (unpaired) electrons. The molecule has 6 nitrogen and oxygen atoms in total. The highest BCUT2D eigenvalue weighted by molar-refractivity contribution is 6.13. The van der Waals surface area contributed by atoms with E-state index in [2.05, 4.69) is 15.6 Å². The van der Waals surface area contributed by atoms with Crippen LogP contribution in [0.1, 0.15) is 30.1 Å². The van der Waals surface area contributed by atoms with Gasteiger partial charge in [0, 0.05) is 12.5 Å². The number of amides is 2. The van der Waals surface area contributed by atoms with Crippen LogP contribution in [0.3, 0.4) is 0 Å². The van der Waals surface area contributed by atoms with Crippen molar-refractivity contribution in [2.24, 2.45) is 5.92 Å². The Kier molecular flexibility index (Phi) is 4.47. The molecule has 1 saturated carbocycles. The molecule has 0 unspecified atom stereocenters. The minimum atomic E-state index is -0.295. The number of nitrogens with one attached hydrogen (secondary N) is 2. The first kappa shape index (κ1) is 18.4. The smallest absolute Gasteiger partial charge is 0.260 e. The SMILES string of the molecule is CCn1c(NC(=O)c2cc3ccccc3cc2NC(=O)C2CC2)nc2ccccc21. The number of benzene rings is 3. The molecule has 1 aromatic heterocycles. The quantitative estimate of drug-likeness (QED) is 0.506. The molecule has 1 aliphatic rings. The lowest BCUT2D eigenvalue weighted by atomic mass is 10.0. The van der Waals surface area contributed by atoms with Crippen molar-refractivity contribution in [3.63, 3.8) is 0 Å². The van der Waals surface area contributed by atoms with E-state index >= 15 is 0 Å². The first-order chi connectivity index (χ1) is 14.6. The predicted octanol–water partition coefficient (Wildman–Crippen LogP) is 4.81. The van der Waals surface area contributed by atoms with E-state index in [0.29, 0.717) is 23.7 Å². The minimum absolute atomic E-state index is 0.0277. The van der Waals surface area contributed by atoms with Crippen molar-refractivity contribution < 1.29 is 9.59 Å². The van der Waals surface area contributed by atoms with Crippen molar-refractivity contribution in [1.82, 2.24) is 9.55 Å². The monoisotopic (exact) mass is 398 g/mol. The molecule has 2 amide bonds. The number of carbonyl (C=O) groups excluding carboxylic acids is 2. The molecule has 3 aromatic carbocycles. The van der Waals surface area contributed by atoms with E-state index in [0.717, 1.165) is 34.6 Å². The number of carbonyl (C=O) groups is 2. The van der Waals surface area contributed by atoms with E-state index in [1.54, 1.807) is 0 Å². The molecule has 5 rings (SSSR count). The number of aryl methyl sites for hydroxylation is 1. The Bertz CT molecular complexity index is 1290. The first-order valence-corrected chi connectivity index (χ1v) is 10.2. The van der Waals surface area contributed by atoms with Crippen LogP contribution in [-0.4, -0.2) is 21.4 Å². The first-order valence-electron chi connectivity index (χ1n) is 10.2. The third-order valence-corrected chi connectivity index (χ3v) is 5.53. The fourth-order valence-electron chi connectivity index (χ4n) is 3.77. The van der Waals surface area contributed by atoms with Crippen LogP contribution >= 0.6 is 0 Å². The van der Waals surface area contributed by atoms with Gasteiger partial charge in [-0.15, -0.1) is 0 Å². The van der Waals surface area contributed by atoms with E-state index in [9.17, 15) is 9.59 Å². The second-order valence-electron chi connectivity index (χ2n) is 7.63.